The van der Waals surface area contributed by atoms with Crippen LogP contribution in [-0.4, -0.2) is 20.8 Å². The van der Waals surface area contributed by atoms with E-state index in [4.69, 9.17) is 11.6 Å². The molecule has 1 unspecified atom stereocenters. The predicted octanol–water partition coefficient (Wildman–Crippen LogP) is 0.840. The van der Waals surface area contributed by atoms with Crippen LogP contribution in [0.1, 0.15) is 19.7 Å². The van der Waals surface area contributed by atoms with Crippen LogP contribution in [0.5, 0.6) is 0 Å². The van der Waals surface area contributed by atoms with Gasteiger partial charge in [0, 0.05) is 12.5 Å². The fourth-order valence-electron chi connectivity index (χ4n) is 1.25. The number of aliphatic hydroxyl groups excluding tert-OH is 1. The van der Waals surface area contributed by atoms with Gasteiger partial charge in [0.15, 0.2) is 0 Å². The topological polar surface area (TPSA) is 55.1 Å². The Bertz CT molecular complexity index is 374. The van der Waals surface area contributed by atoms with Crippen molar-refractivity contribution in [3.63, 3.8) is 0 Å². The van der Waals surface area contributed by atoms with Crippen molar-refractivity contribution in [2.24, 2.45) is 0 Å². The molecule has 1 aromatic rings. The van der Waals surface area contributed by atoms with Crippen LogP contribution in [0.15, 0.2) is 10.9 Å². The Balaban J connectivity index is 3.19. The van der Waals surface area contributed by atoms with E-state index in [1.165, 1.54) is 10.6 Å². The van der Waals surface area contributed by atoms with E-state index in [0.717, 1.165) is 0 Å². The average molecular weight is 217 g/mol. The molecule has 0 fully saturated rings. The zero-order valence-corrected chi connectivity index (χ0v) is 8.95. The molecule has 0 bridgehead atoms. The van der Waals surface area contributed by atoms with Gasteiger partial charge in [-0.05, 0) is 6.92 Å². The summed E-state index contributed by atoms with van der Waals surface area (Å²) in [5, 5.41) is 9.40. The summed E-state index contributed by atoms with van der Waals surface area (Å²) in [6, 6.07) is 1.25. The number of hydrogen-bond donors (Lipinski definition) is 1. The Hall–Kier alpha value is -0.870. The van der Waals surface area contributed by atoms with Crippen molar-refractivity contribution in [3.8, 4) is 0 Å². The van der Waals surface area contributed by atoms with E-state index in [-0.39, 0.29) is 17.3 Å². The Morgan fingerprint density at radius 1 is 1.71 bits per heavy atom. The molecular formula is C9H13ClN2O2. The van der Waals surface area contributed by atoms with Gasteiger partial charge in [-0.15, -0.1) is 0 Å². The molecule has 0 spiro atoms. The lowest BCUT2D eigenvalue weighted by atomic mass is 10.3. The quantitative estimate of drug-likeness (QED) is 0.762. The lowest BCUT2D eigenvalue weighted by Gasteiger charge is -2.12. The van der Waals surface area contributed by atoms with E-state index in [0.29, 0.717) is 12.2 Å². The van der Waals surface area contributed by atoms with Crippen LogP contribution in [-0.2, 0) is 13.0 Å². The largest absolute Gasteiger partial charge is 0.392 e. The van der Waals surface area contributed by atoms with Gasteiger partial charge >= 0.3 is 0 Å². The third kappa shape index (κ3) is 2.56. The van der Waals surface area contributed by atoms with Gasteiger partial charge in [0.05, 0.1) is 12.6 Å². The molecule has 0 aliphatic rings. The minimum absolute atomic E-state index is 0.202. The Morgan fingerprint density at radius 2 is 2.36 bits per heavy atom. The molecule has 1 aromatic heterocycles. The molecule has 1 heterocycles. The summed E-state index contributed by atoms with van der Waals surface area (Å²) >= 11 is 5.65. The lowest BCUT2D eigenvalue weighted by molar-refractivity contribution is 0.170. The summed E-state index contributed by atoms with van der Waals surface area (Å²) in [6.07, 6.45) is 0.0451. The molecule has 1 atom stereocenters. The smallest absolute Gasteiger partial charge is 0.255 e. The second kappa shape index (κ2) is 4.57. The van der Waals surface area contributed by atoms with Crippen LogP contribution < -0.4 is 5.56 Å². The normalized spacial score (nSPS) is 12.9. The zero-order valence-electron chi connectivity index (χ0n) is 8.20. The number of aromatic nitrogens is 2. The summed E-state index contributed by atoms with van der Waals surface area (Å²) in [4.78, 5) is 15.5. The van der Waals surface area contributed by atoms with Gasteiger partial charge < -0.3 is 5.11 Å². The maximum atomic E-state index is 11.5. The SMILES string of the molecule is CCc1nc(Cl)cc(=O)n1CC(C)O. The molecule has 0 aromatic carbocycles. The van der Waals surface area contributed by atoms with Crippen molar-refractivity contribution in [2.45, 2.75) is 32.9 Å². The Kier molecular flexibility index (Phi) is 3.66. The van der Waals surface area contributed by atoms with Crippen molar-refractivity contribution in [3.05, 3.63) is 27.4 Å². The summed E-state index contributed by atoms with van der Waals surface area (Å²) in [6.45, 7) is 3.77. The van der Waals surface area contributed by atoms with Gasteiger partial charge in [-0.3, -0.25) is 9.36 Å². The Morgan fingerprint density at radius 3 is 2.86 bits per heavy atom. The monoisotopic (exact) mass is 216 g/mol. The highest BCUT2D eigenvalue weighted by Gasteiger charge is 2.07. The standard InChI is InChI=1S/C9H13ClN2O2/c1-3-8-11-7(10)4-9(14)12(8)5-6(2)13/h4,6,13H,3,5H2,1-2H3. The first-order valence-corrected chi connectivity index (χ1v) is 4.86. The molecule has 1 N–H and O–H groups in total. The van der Waals surface area contributed by atoms with E-state index in [1.54, 1.807) is 6.92 Å². The fourth-order valence-corrected chi connectivity index (χ4v) is 1.44. The van der Waals surface area contributed by atoms with E-state index >= 15 is 0 Å². The summed E-state index contributed by atoms with van der Waals surface area (Å²) < 4.78 is 1.44. The first-order chi connectivity index (χ1) is 6.54. The molecule has 1 rings (SSSR count). The van der Waals surface area contributed by atoms with Crippen molar-refractivity contribution < 1.29 is 5.11 Å². The minimum Gasteiger partial charge on any atom is -0.392 e. The number of halogens is 1. The van der Waals surface area contributed by atoms with Crippen LogP contribution >= 0.6 is 11.6 Å². The van der Waals surface area contributed by atoms with Crippen LogP contribution in [0.4, 0.5) is 0 Å². The maximum absolute atomic E-state index is 11.5. The maximum Gasteiger partial charge on any atom is 0.255 e. The molecule has 4 nitrogen and oxygen atoms in total. The van der Waals surface area contributed by atoms with Crippen molar-refractivity contribution in [1.29, 1.82) is 0 Å². The number of aliphatic hydroxyl groups is 1. The van der Waals surface area contributed by atoms with Gasteiger partial charge in [0.25, 0.3) is 5.56 Å². The molecule has 0 saturated carbocycles. The van der Waals surface area contributed by atoms with Crippen LogP contribution in [0.2, 0.25) is 5.15 Å². The second-order valence-electron chi connectivity index (χ2n) is 3.15. The van der Waals surface area contributed by atoms with E-state index in [2.05, 4.69) is 4.98 Å². The highest BCUT2D eigenvalue weighted by atomic mass is 35.5. The summed E-state index contributed by atoms with van der Waals surface area (Å²) in [5.74, 6) is 0.600. The van der Waals surface area contributed by atoms with Gasteiger partial charge in [0.1, 0.15) is 11.0 Å². The molecule has 14 heavy (non-hydrogen) atoms. The third-order valence-corrected chi connectivity index (χ3v) is 2.01. The number of hydrogen-bond acceptors (Lipinski definition) is 3. The summed E-state index contributed by atoms with van der Waals surface area (Å²) in [5.41, 5.74) is -0.220. The lowest BCUT2D eigenvalue weighted by Crippen LogP contribution is -2.28. The van der Waals surface area contributed by atoms with E-state index in [9.17, 15) is 9.90 Å². The van der Waals surface area contributed by atoms with Crippen LogP contribution in [0.3, 0.4) is 0 Å². The van der Waals surface area contributed by atoms with Gasteiger partial charge in [-0.25, -0.2) is 4.98 Å². The van der Waals surface area contributed by atoms with Gasteiger partial charge in [0.2, 0.25) is 0 Å². The van der Waals surface area contributed by atoms with Crippen molar-refractivity contribution in [1.82, 2.24) is 9.55 Å². The van der Waals surface area contributed by atoms with Crippen molar-refractivity contribution >= 4 is 11.6 Å². The van der Waals surface area contributed by atoms with Crippen LogP contribution in [0.25, 0.3) is 0 Å². The molecule has 0 aliphatic heterocycles. The molecule has 0 amide bonds. The highest BCUT2D eigenvalue weighted by Crippen LogP contribution is 2.03. The zero-order chi connectivity index (χ0) is 10.7. The molecule has 0 aliphatic carbocycles. The summed E-state index contributed by atoms with van der Waals surface area (Å²) in [7, 11) is 0. The second-order valence-corrected chi connectivity index (χ2v) is 3.53. The molecule has 0 radical (unpaired) electrons. The Labute approximate surface area is 87.2 Å². The average Bonchev–Trinajstić information content (AvgIpc) is 2.08. The number of aryl methyl sites for hydroxylation is 1. The predicted molar refractivity (Wildman–Crippen MR) is 54.6 cm³/mol. The number of rotatable bonds is 3. The van der Waals surface area contributed by atoms with Gasteiger partial charge in [-0.1, -0.05) is 18.5 Å². The fraction of sp³-hybridized carbons (Fsp3) is 0.556. The van der Waals surface area contributed by atoms with Crippen molar-refractivity contribution in [2.75, 3.05) is 0 Å². The molecule has 78 valence electrons. The van der Waals surface area contributed by atoms with E-state index in [1.807, 2.05) is 6.92 Å². The first kappa shape index (κ1) is 11.2. The minimum atomic E-state index is -0.569. The molecule has 5 heteroatoms. The molecular weight excluding hydrogens is 204 g/mol. The van der Waals surface area contributed by atoms with Crippen LogP contribution in [0, 0.1) is 0 Å². The van der Waals surface area contributed by atoms with E-state index < -0.39 is 6.10 Å². The highest BCUT2D eigenvalue weighted by molar-refractivity contribution is 6.29. The van der Waals surface area contributed by atoms with Gasteiger partial charge in [-0.2, -0.15) is 0 Å². The first-order valence-electron chi connectivity index (χ1n) is 4.49. The molecule has 0 saturated heterocycles. The number of nitrogens with zero attached hydrogens (tertiary/aromatic N) is 2. The third-order valence-electron chi connectivity index (χ3n) is 1.82.